The predicted molar refractivity (Wildman–Crippen MR) is 117 cm³/mol. The fourth-order valence-corrected chi connectivity index (χ4v) is 3.67. The number of pyridine rings is 1. The number of aryl methyl sites for hydroxylation is 1. The number of nitrogens with one attached hydrogen (secondary N) is 2. The van der Waals surface area contributed by atoms with Crippen LogP contribution in [-0.4, -0.2) is 37.9 Å². The average molecular weight is 420 g/mol. The highest BCUT2D eigenvalue weighted by atomic mass is 19.1. The summed E-state index contributed by atoms with van der Waals surface area (Å²) in [6, 6.07) is 1.67. The molecule has 0 spiro atoms. The molecule has 0 saturated carbocycles. The molecule has 0 atom stereocenters. The smallest absolute Gasteiger partial charge is 0.237 e. The average Bonchev–Trinajstić information content (AvgIpc) is 3.09. The van der Waals surface area contributed by atoms with Crippen molar-refractivity contribution in [2.24, 2.45) is 7.05 Å². The highest BCUT2D eigenvalue weighted by Crippen LogP contribution is 2.39. The summed E-state index contributed by atoms with van der Waals surface area (Å²) in [5.74, 6) is 0.361. The largest absolute Gasteiger partial charge is 0.474 e. The second-order valence-electron chi connectivity index (χ2n) is 7.42. The normalized spacial score (nSPS) is 12.9. The molecule has 1 aromatic carbocycles. The number of hydrogen-bond donors (Lipinski definition) is 3. The second-order valence-corrected chi connectivity index (χ2v) is 7.42. The first-order valence-electron chi connectivity index (χ1n) is 9.81. The lowest BCUT2D eigenvalue weighted by Crippen LogP contribution is -2.20. The quantitative estimate of drug-likeness (QED) is 0.432. The molecule has 0 amide bonds. The Morgan fingerprint density at radius 3 is 2.81 bits per heavy atom. The van der Waals surface area contributed by atoms with E-state index in [4.69, 9.17) is 10.5 Å². The molecule has 0 bridgehead atoms. The lowest BCUT2D eigenvalue weighted by molar-refractivity contribution is 0.310. The second kappa shape index (κ2) is 7.08. The van der Waals surface area contributed by atoms with Gasteiger partial charge in [-0.1, -0.05) is 0 Å². The molecular weight excluding hydrogens is 399 g/mol. The van der Waals surface area contributed by atoms with E-state index in [1.165, 1.54) is 6.20 Å². The third kappa shape index (κ3) is 3.07. The Morgan fingerprint density at radius 1 is 1.19 bits per heavy atom. The number of ether oxygens (including phenoxy) is 1. The van der Waals surface area contributed by atoms with Gasteiger partial charge in [-0.05, 0) is 25.5 Å². The zero-order valence-corrected chi connectivity index (χ0v) is 17.3. The first-order valence-corrected chi connectivity index (χ1v) is 9.81. The van der Waals surface area contributed by atoms with Gasteiger partial charge >= 0.3 is 0 Å². The van der Waals surface area contributed by atoms with Crippen LogP contribution < -0.4 is 21.1 Å². The number of nitrogens with zero attached hydrogens (tertiary/aromatic N) is 5. The van der Waals surface area contributed by atoms with Gasteiger partial charge in [0.15, 0.2) is 5.82 Å². The van der Waals surface area contributed by atoms with Crippen molar-refractivity contribution in [1.29, 1.82) is 0 Å². The molecule has 158 valence electrons. The predicted octanol–water partition coefficient (Wildman–Crippen LogP) is 3.31. The Balaban J connectivity index is 1.62. The third-order valence-electron chi connectivity index (χ3n) is 5.58. The van der Waals surface area contributed by atoms with Crippen molar-refractivity contribution >= 4 is 33.9 Å². The summed E-state index contributed by atoms with van der Waals surface area (Å²) in [5, 5.41) is 11.1. The van der Waals surface area contributed by atoms with Gasteiger partial charge in [0.05, 0.1) is 28.8 Å². The van der Waals surface area contributed by atoms with Gasteiger partial charge in [0.25, 0.3) is 0 Å². The van der Waals surface area contributed by atoms with Crippen LogP contribution in [0.15, 0.2) is 24.7 Å². The number of rotatable bonds is 3. The number of halogens is 1. The molecule has 3 aromatic heterocycles. The number of fused-ring (bicyclic) bond motifs is 2. The topological polar surface area (TPSA) is 116 Å². The zero-order valence-electron chi connectivity index (χ0n) is 17.3. The summed E-state index contributed by atoms with van der Waals surface area (Å²) >= 11 is 0. The number of benzene rings is 1. The van der Waals surface area contributed by atoms with Gasteiger partial charge in [0, 0.05) is 42.5 Å². The maximum Gasteiger partial charge on any atom is 0.237 e. The molecule has 0 aliphatic carbocycles. The fraction of sp³-hybridized carbons (Fsp3) is 0.238. The van der Waals surface area contributed by atoms with E-state index in [0.717, 1.165) is 22.6 Å². The van der Waals surface area contributed by atoms with Crippen molar-refractivity contribution in [3.63, 3.8) is 0 Å². The molecule has 4 N–H and O–H groups in total. The minimum atomic E-state index is -0.526. The van der Waals surface area contributed by atoms with Crippen LogP contribution in [-0.2, 0) is 7.05 Å². The van der Waals surface area contributed by atoms with Crippen molar-refractivity contribution in [1.82, 2.24) is 24.7 Å². The van der Waals surface area contributed by atoms with Gasteiger partial charge in [-0.2, -0.15) is 5.10 Å². The van der Waals surface area contributed by atoms with E-state index in [0.29, 0.717) is 47.0 Å². The van der Waals surface area contributed by atoms with Crippen LogP contribution in [0, 0.1) is 19.7 Å². The van der Waals surface area contributed by atoms with Crippen LogP contribution in [0.1, 0.15) is 11.3 Å². The molecular formula is C21H21FN8O. The van der Waals surface area contributed by atoms with E-state index < -0.39 is 5.82 Å². The molecule has 0 unspecified atom stereocenters. The molecule has 0 radical (unpaired) electrons. The molecule has 9 nitrogen and oxygen atoms in total. The van der Waals surface area contributed by atoms with Crippen LogP contribution in [0.3, 0.4) is 0 Å². The summed E-state index contributed by atoms with van der Waals surface area (Å²) < 4.78 is 22.6. The first-order chi connectivity index (χ1) is 14.9. The first kappa shape index (κ1) is 19.0. The fourth-order valence-electron chi connectivity index (χ4n) is 3.67. The van der Waals surface area contributed by atoms with E-state index in [-0.39, 0.29) is 5.69 Å². The van der Waals surface area contributed by atoms with E-state index >= 15 is 4.39 Å². The molecule has 1 aliphatic heterocycles. The van der Waals surface area contributed by atoms with Crippen LogP contribution in [0.5, 0.6) is 5.88 Å². The number of hydrogen-bond acceptors (Lipinski definition) is 8. The van der Waals surface area contributed by atoms with E-state index in [1.54, 1.807) is 23.1 Å². The number of nitrogens with two attached hydrogens (primary N) is 1. The minimum Gasteiger partial charge on any atom is -0.474 e. The Morgan fingerprint density at radius 2 is 2.03 bits per heavy atom. The zero-order chi connectivity index (χ0) is 21.7. The molecule has 5 rings (SSSR count). The molecule has 0 saturated heterocycles. The molecule has 31 heavy (non-hydrogen) atoms. The lowest BCUT2D eigenvalue weighted by atomic mass is 9.98. The molecule has 1 aliphatic rings. The van der Waals surface area contributed by atoms with Crippen LogP contribution in [0.2, 0.25) is 0 Å². The van der Waals surface area contributed by atoms with Crippen molar-refractivity contribution in [2.45, 2.75) is 13.8 Å². The van der Waals surface area contributed by atoms with Crippen LogP contribution >= 0.6 is 0 Å². The molecule has 10 heteroatoms. The maximum atomic E-state index is 15.2. The Labute approximate surface area is 177 Å². The van der Waals surface area contributed by atoms with Gasteiger partial charge in [0.2, 0.25) is 11.8 Å². The maximum absolute atomic E-state index is 15.2. The monoisotopic (exact) mass is 420 g/mol. The van der Waals surface area contributed by atoms with E-state index in [2.05, 4.69) is 30.7 Å². The van der Waals surface area contributed by atoms with Crippen molar-refractivity contribution in [3.05, 3.63) is 41.7 Å². The van der Waals surface area contributed by atoms with E-state index in [1.807, 2.05) is 20.9 Å². The van der Waals surface area contributed by atoms with Gasteiger partial charge < -0.3 is 21.1 Å². The van der Waals surface area contributed by atoms with Crippen molar-refractivity contribution in [2.75, 3.05) is 29.5 Å². The number of anilines is 4. The van der Waals surface area contributed by atoms with Gasteiger partial charge in [-0.15, -0.1) is 0 Å². The van der Waals surface area contributed by atoms with Crippen molar-refractivity contribution in [3.8, 4) is 17.0 Å². The Kier molecular flexibility index (Phi) is 4.35. The van der Waals surface area contributed by atoms with Gasteiger partial charge in [-0.25, -0.2) is 19.3 Å². The highest BCUT2D eigenvalue weighted by Gasteiger charge is 2.21. The highest BCUT2D eigenvalue weighted by molar-refractivity contribution is 5.96. The van der Waals surface area contributed by atoms with Gasteiger partial charge in [0.1, 0.15) is 12.3 Å². The SMILES string of the molecule is Cc1c(-c2cc3nc(Nc4cnn(C)c4C)ncc3c(N)c2F)cnc2c1NCCO2. The molecule has 0 fully saturated rings. The summed E-state index contributed by atoms with van der Waals surface area (Å²) in [4.78, 5) is 13.2. The van der Waals surface area contributed by atoms with Crippen LogP contribution in [0.25, 0.3) is 22.0 Å². The third-order valence-corrected chi connectivity index (χ3v) is 5.58. The summed E-state index contributed by atoms with van der Waals surface area (Å²) in [7, 11) is 1.85. The van der Waals surface area contributed by atoms with E-state index in [9.17, 15) is 0 Å². The Bertz CT molecular complexity index is 1330. The minimum absolute atomic E-state index is 0.00191. The summed E-state index contributed by atoms with van der Waals surface area (Å²) in [6.45, 7) is 5.04. The van der Waals surface area contributed by atoms with Crippen LogP contribution in [0.4, 0.5) is 27.4 Å². The summed E-state index contributed by atoms with van der Waals surface area (Å²) in [6.07, 6.45) is 4.82. The number of aromatic nitrogens is 5. The molecule has 4 heterocycles. The van der Waals surface area contributed by atoms with Crippen molar-refractivity contribution < 1.29 is 9.13 Å². The summed E-state index contributed by atoms with van der Waals surface area (Å²) in [5.41, 5.74) is 10.9. The lowest BCUT2D eigenvalue weighted by Gasteiger charge is -2.22. The van der Waals surface area contributed by atoms with Gasteiger partial charge in [-0.3, -0.25) is 4.68 Å². The molecule has 4 aromatic rings. The Hall–Kier alpha value is -3.95. The standard InChI is InChI=1S/C21H21FN8O/c1-10-13(7-25-20-19(10)24-4-5-31-20)12-6-15-14(18(23)17(12)22)8-26-21(28-15)29-16-9-27-30(3)11(16)2/h6-9,24H,4-5,23H2,1-3H3,(H,26,28,29). The number of nitrogen functional groups attached to an aromatic ring is 1.